The van der Waals surface area contributed by atoms with Gasteiger partial charge in [-0.2, -0.15) is 5.10 Å². The second-order valence-corrected chi connectivity index (χ2v) is 6.76. The van der Waals surface area contributed by atoms with Crippen molar-refractivity contribution in [3.63, 3.8) is 0 Å². The number of rotatable bonds is 2. The maximum atomic E-state index is 6.23. The molecule has 0 radical (unpaired) electrons. The van der Waals surface area contributed by atoms with Crippen LogP contribution in [0.1, 0.15) is 51.8 Å². The van der Waals surface area contributed by atoms with E-state index in [1.54, 1.807) is 4.68 Å². The van der Waals surface area contributed by atoms with E-state index in [4.69, 9.17) is 5.73 Å². The van der Waals surface area contributed by atoms with Crippen molar-refractivity contribution in [2.24, 2.45) is 7.05 Å². The van der Waals surface area contributed by atoms with Crippen molar-refractivity contribution in [1.82, 2.24) is 9.78 Å². The Hall–Kier alpha value is -1.77. The lowest BCUT2D eigenvalue weighted by Crippen LogP contribution is -2.13. The normalized spacial score (nSPS) is 12.2. The maximum Gasteiger partial charge on any atom is 0.129 e. The highest BCUT2D eigenvalue weighted by molar-refractivity contribution is 5.77. The molecule has 2 aromatic rings. The predicted molar refractivity (Wildman–Crippen MR) is 85.8 cm³/mol. The van der Waals surface area contributed by atoms with Crippen molar-refractivity contribution in [2.75, 3.05) is 5.73 Å². The summed E-state index contributed by atoms with van der Waals surface area (Å²) in [5.41, 5.74) is 10.8. The van der Waals surface area contributed by atoms with Crippen LogP contribution in [0.5, 0.6) is 0 Å². The Bertz CT molecular complexity index is 598. The van der Waals surface area contributed by atoms with Crippen LogP contribution in [0, 0.1) is 0 Å². The molecule has 108 valence electrons. The molecule has 20 heavy (non-hydrogen) atoms. The number of nitrogen functional groups attached to an aromatic ring is 1. The second-order valence-electron chi connectivity index (χ2n) is 6.76. The molecule has 1 heterocycles. The lowest BCUT2D eigenvalue weighted by Gasteiger charge is -2.18. The number of aryl methyl sites for hydroxylation is 1. The van der Waals surface area contributed by atoms with Crippen molar-refractivity contribution < 1.29 is 0 Å². The molecule has 0 bridgehead atoms. The molecule has 2 rings (SSSR count). The van der Waals surface area contributed by atoms with Crippen molar-refractivity contribution in [3.8, 4) is 11.1 Å². The average Bonchev–Trinajstić information content (AvgIpc) is 2.66. The van der Waals surface area contributed by atoms with Crippen LogP contribution in [-0.4, -0.2) is 9.78 Å². The van der Waals surface area contributed by atoms with Crippen molar-refractivity contribution in [1.29, 1.82) is 0 Å². The zero-order chi connectivity index (χ0) is 15.1. The van der Waals surface area contributed by atoms with Gasteiger partial charge in [0.15, 0.2) is 0 Å². The largest absolute Gasteiger partial charge is 0.383 e. The Kier molecular flexibility index (Phi) is 3.63. The summed E-state index contributed by atoms with van der Waals surface area (Å²) in [6.07, 6.45) is 0. The number of nitrogens with two attached hydrogens (primary N) is 1. The molecule has 2 N–H and O–H groups in total. The van der Waals surface area contributed by atoms with Crippen LogP contribution in [-0.2, 0) is 12.5 Å². The predicted octanol–water partition coefficient (Wildman–Crippen LogP) is 4.09. The van der Waals surface area contributed by atoms with Crippen LogP contribution in [0.3, 0.4) is 0 Å². The van der Waals surface area contributed by atoms with Crippen molar-refractivity contribution >= 4 is 5.82 Å². The highest BCUT2D eigenvalue weighted by atomic mass is 15.3. The average molecular weight is 271 g/mol. The number of nitrogens with zero attached hydrogens (tertiary/aromatic N) is 2. The standard InChI is InChI=1S/C17H25N3/c1-11(2)12-7-9-13(10-8-12)14-15(17(3,4)5)19-20(6)16(14)18/h7-11H,18H2,1-6H3. The maximum absolute atomic E-state index is 6.23. The number of benzene rings is 1. The Balaban J connectivity index is 2.57. The molecule has 0 amide bonds. The van der Waals surface area contributed by atoms with Crippen LogP contribution in [0.15, 0.2) is 24.3 Å². The molecule has 0 aliphatic rings. The minimum absolute atomic E-state index is 0.0264. The van der Waals surface area contributed by atoms with Gasteiger partial charge in [-0.3, -0.25) is 4.68 Å². The van der Waals surface area contributed by atoms with E-state index in [-0.39, 0.29) is 5.41 Å². The second kappa shape index (κ2) is 4.97. The molecule has 0 unspecified atom stereocenters. The number of hydrogen-bond donors (Lipinski definition) is 1. The Morgan fingerprint density at radius 3 is 2.10 bits per heavy atom. The third-order valence-corrected chi connectivity index (χ3v) is 3.67. The van der Waals surface area contributed by atoms with Crippen LogP contribution in [0.25, 0.3) is 11.1 Å². The zero-order valence-electron chi connectivity index (χ0n) is 13.4. The Morgan fingerprint density at radius 1 is 1.10 bits per heavy atom. The minimum atomic E-state index is -0.0264. The summed E-state index contributed by atoms with van der Waals surface area (Å²) in [5.74, 6) is 1.27. The third kappa shape index (κ3) is 2.58. The smallest absolute Gasteiger partial charge is 0.129 e. The molecule has 0 atom stereocenters. The number of aromatic nitrogens is 2. The Morgan fingerprint density at radius 2 is 1.65 bits per heavy atom. The van der Waals surface area contributed by atoms with E-state index in [1.807, 2.05) is 7.05 Å². The van der Waals surface area contributed by atoms with Gasteiger partial charge in [-0.15, -0.1) is 0 Å². The lowest BCUT2D eigenvalue weighted by atomic mass is 9.86. The lowest BCUT2D eigenvalue weighted by molar-refractivity contribution is 0.555. The number of anilines is 1. The van der Waals surface area contributed by atoms with Gasteiger partial charge in [0.1, 0.15) is 5.82 Å². The fourth-order valence-corrected chi connectivity index (χ4v) is 2.38. The van der Waals surface area contributed by atoms with Gasteiger partial charge in [0.25, 0.3) is 0 Å². The molecular formula is C17H25N3. The summed E-state index contributed by atoms with van der Waals surface area (Å²) in [6.45, 7) is 10.9. The van der Waals surface area contributed by atoms with E-state index in [0.29, 0.717) is 5.92 Å². The first-order valence-electron chi connectivity index (χ1n) is 7.15. The minimum Gasteiger partial charge on any atom is -0.383 e. The molecule has 0 saturated carbocycles. The fourth-order valence-electron chi connectivity index (χ4n) is 2.38. The van der Waals surface area contributed by atoms with Gasteiger partial charge in [0, 0.05) is 18.0 Å². The molecule has 1 aromatic heterocycles. The molecule has 0 fully saturated rings. The third-order valence-electron chi connectivity index (χ3n) is 3.67. The molecule has 0 aliphatic carbocycles. The van der Waals surface area contributed by atoms with Gasteiger partial charge in [0.2, 0.25) is 0 Å². The van der Waals surface area contributed by atoms with Gasteiger partial charge < -0.3 is 5.73 Å². The molecule has 0 saturated heterocycles. The van der Waals surface area contributed by atoms with E-state index in [1.165, 1.54) is 5.56 Å². The quantitative estimate of drug-likeness (QED) is 0.894. The summed E-state index contributed by atoms with van der Waals surface area (Å²) in [4.78, 5) is 0. The van der Waals surface area contributed by atoms with Crippen LogP contribution >= 0.6 is 0 Å². The van der Waals surface area contributed by atoms with Gasteiger partial charge >= 0.3 is 0 Å². The molecule has 0 aliphatic heterocycles. The van der Waals surface area contributed by atoms with E-state index >= 15 is 0 Å². The van der Waals surface area contributed by atoms with E-state index < -0.39 is 0 Å². The summed E-state index contributed by atoms with van der Waals surface area (Å²) in [6, 6.07) is 8.66. The van der Waals surface area contributed by atoms with Crippen LogP contribution in [0.2, 0.25) is 0 Å². The number of hydrogen-bond acceptors (Lipinski definition) is 2. The van der Waals surface area contributed by atoms with Gasteiger partial charge in [-0.05, 0) is 17.0 Å². The molecule has 3 nitrogen and oxygen atoms in total. The molecule has 1 aromatic carbocycles. The highest BCUT2D eigenvalue weighted by Crippen LogP contribution is 2.36. The van der Waals surface area contributed by atoms with Crippen LogP contribution < -0.4 is 5.73 Å². The van der Waals surface area contributed by atoms with Crippen molar-refractivity contribution in [3.05, 3.63) is 35.5 Å². The van der Waals surface area contributed by atoms with Gasteiger partial charge in [0.05, 0.1) is 5.69 Å². The molecular weight excluding hydrogens is 246 g/mol. The van der Waals surface area contributed by atoms with Gasteiger partial charge in [-0.25, -0.2) is 0 Å². The monoisotopic (exact) mass is 271 g/mol. The first kappa shape index (κ1) is 14.6. The Labute approximate surface area is 121 Å². The first-order valence-corrected chi connectivity index (χ1v) is 7.15. The van der Waals surface area contributed by atoms with E-state index in [9.17, 15) is 0 Å². The highest BCUT2D eigenvalue weighted by Gasteiger charge is 2.25. The molecule has 3 heteroatoms. The summed E-state index contributed by atoms with van der Waals surface area (Å²) in [7, 11) is 1.90. The van der Waals surface area contributed by atoms with Crippen molar-refractivity contribution in [2.45, 2.75) is 46.0 Å². The van der Waals surface area contributed by atoms with Gasteiger partial charge in [-0.1, -0.05) is 58.9 Å². The summed E-state index contributed by atoms with van der Waals surface area (Å²) < 4.78 is 1.77. The first-order chi connectivity index (χ1) is 9.21. The van der Waals surface area contributed by atoms with Crippen LogP contribution in [0.4, 0.5) is 5.82 Å². The fraction of sp³-hybridized carbons (Fsp3) is 0.471. The molecule has 0 spiro atoms. The summed E-state index contributed by atoms with van der Waals surface area (Å²) in [5, 5.41) is 4.61. The van der Waals surface area contributed by atoms with E-state index in [2.05, 4.69) is 64.0 Å². The van der Waals surface area contributed by atoms with E-state index in [0.717, 1.165) is 22.6 Å². The topological polar surface area (TPSA) is 43.8 Å². The zero-order valence-corrected chi connectivity index (χ0v) is 13.4. The SMILES string of the molecule is CC(C)c1ccc(-c2c(C(C)(C)C)nn(C)c2N)cc1. The summed E-state index contributed by atoms with van der Waals surface area (Å²) >= 11 is 0.